The van der Waals surface area contributed by atoms with Crippen LogP contribution in [0.5, 0.6) is 0 Å². The Kier molecular flexibility index (Phi) is 2.26. The SMILES string of the molecule is N=CC1=CC(=CN)CCC1. The highest BCUT2D eigenvalue weighted by Gasteiger charge is 2.03. The van der Waals surface area contributed by atoms with Crippen LogP contribution in [0.4, 0.5) is 0 Å². The zero-order valence-corrected chi connectivity index (χ0v) is 5.93. The summed E-state index contributed by atoms with van der Waals surface area (Å²) in [7, 11) is 0. The average Bonchev–Trinajstić information content (AvgIpc) is 2.05. The maximum Gasteiger partial charge on any atom is 0.0209 e. The molecule has 0 unspecified atom stereocenters. The molecule has 1 aliphatic carbocycles. The maximum absolute atomic E-state index is 7.00. The Bertz CT molecular complexity index is 189. The van der Waals surface area contributed by atoms with E-state index in [9.17, 15) is 0 Å². The van der Waals surface area contributed by atoms with E-state index in [1.807, 2.05) is 6.08 Å². The molecule has 2 heteroatoms. The predicted octanol–water partition coefficient (Wildman–Crippen LogP) is 1.59. The molecule has 0 aromatic heterocycles. The summed E-state index contributed by atoms with van der Waals surface area (Å²) in [5, 5.41) is 7.00. The molecule has 0 radical (unpaired) electrons. The van der Waals surface area contributed by atoms with Crippen molar-refractivity contribution in [2.45, 2.75) is 19.3 Å². The van der Waals surface area contributed by atoms with Crippen LogP contribution in [0, 0.1) is 5.41 Å². The largest absolute Gasteiger partial charge is 0.404 e. The van der Waals surface area contributed by atoms with E-state index in [0.29, 0.717) is 0 Å². The lowest BCUT2D eigenvalue weighted by Crippen LogP contribution is -1.97. The lowest BCUT2D eigenvalue weighted by molar-refractivity contribution is 0.804. The minimum absolute atomic E-state index is 1.03. The van der Waals surface area contributed by atoms with Crippen LogP contribution in [0.1, 0.15) is 19.3 Å². The van der Waals surface area contributed by atoms with Gasteiger partial charge in [-0.25, -0.2) is 0 Å². The predicted molar refractivity (Wildman–Crippen MR) is 43.0 cm³/mol. The highest BCUT2D eigenvalue weighted by molar-refractivity contribution is 5.77. The third-order valence-electron chi connectivity index (χ3n) is 1.70. The van der Waals surface area contributed by atoms with Crippen molar-refractivity contribution >= 4 is 6.21 Å². The molecule has 54 valence electrons. The van der Waals surface area contributed by atoms with Crippen molar-refractivity contribution in [1.29, 1.82) is 5.41 Å². The number of hydrogen-bond donors (Lipinski definition) is 2. The minimum Gasteiger partial charge on any atom is -0.404 e. The molecule has 0 bridgehead atoms. The quantitative estimate of drug-likeness (QED) is 0.528. The van der Waals surface area contributed by atoms with Crippen LogP contribution >= 0.6 is 0 Å². The van der Waals surface area contributed by atoms with Crippen molar-refractivity contribution in [2.75, 3.05) is 0 Å². The second-order valence-electron chi connectivity index (χ2n) is 2.46. The minimum atomic E-state index is 1.03. The number of nitrogens with one attached hydrogen (secondary N) is 1. The zero-order valence-electron chi connectivity index (χ0n) is 5.93. The second kappa shape index (κ2) is 3.20. The average molecular weight is 136 g/mol. The molecule has 0 saturated heterocycles. The monoisotopic (exact) mass is 136 g/mol. The number of allylic oxidation sites excluding steroid dienone is 3. The van der Waals surface area contributed by atoms with Gasteiger partial charge in [-0.3, -0.25) is 0 Å². The third kappa shape index (κ3) is 1.47. The summed E-state index contributed by atoms with van der Waals surface area (Å²) < 4.78 is 0. The van der Waals surface area contributed by atoms with E-state index >= 15 is 0 Å². The zero-order chi connectivity index (χ0) is 7.40. The van der Waals surface area contributed by atoms with Crippen LogP contribution in [-0.4, -0.2) is 6.21 Å². The fraction of sp³-hybridized carbons (Fsp3) is 0.375. The maximum atomic E-state index is 7.00. The van der Waals surface area contributed by atoms with E-state index < -0.39 is 0 Å². The van der Waals surface area contributed by atoms with Gasteiger partial charge in [-0.15, -0.1) is 0 Å². The molecule has 0 fully saturated rings. The molecule has 3 N–H and O–H groups in total. The molecule has 1 rings (SSSR count). The Labute approximate surface area is 60.9 Å². The Morgan fingerprint density at radius 3 is 2.90 bits per heavy atom. The van der Waals surface area contributed by atoms with Gasteiger partial charge < -0.3 is 11.1 Å². The first-order chi connectivity index (χ1) is 4.86. The first-order valence-electron chi connectivity index (χ1n) is 3.48. The van der Waals surface area contributed by atoms with Gasteiger partial charge >= 0.3 is 0 Å². The van der Waals surface area contributed by atoms with E-state index in [4.69, 9.17) is 11.1 Å². The van der Waals surface area contributed by atoms with Crippen LogP contribution in [0.2, 0.25) is 0 Å². The van der Waals surface area contributed by atoms with Gasteiger partial charge in [-0.2, -0.15) is 0 Å². The molecule has 0 aromatic rings. The first kappa shape index (κ1) is 7.06. The van der Waals surface area contributed by atoms with Crippen molar-refractivity contribution in [2.24, 2.45) is 5.73 Å². The van der Waals surface area contributed by atoms with Crippen molar-refractivity contribution < 1.29 is 0 Å². The van der Waals surface area contributed by atoms with Crippen LogP contribution in [0.25, 0.3) is 0 Å². The summed E-state index contributed by atoms with van der Waals surface area (Å²) in [6, 6.07) is 0. The molecule has 1 aliphatic rings. The van der Waals surface area contributed by atoms with Gasteiger partial charge in [0.15, 0.2) is 0 Å². The summed E-state index contributed by atoms with van der Waals surface area (Å²) in [6.45, 7) is 0. The lowest BCUT2D eigenvalue weighted by Gasteiger charge is -2.10. The lowest BCUT2D eigenvalue weighted by atomic mass is 9.97. The number of hydrogen-bond acceptors (Lipinski definition) is 2. The highest BCUT2D eigenvalue weighted by Crippen LogP contribution is 2.19. The van der Waals surface area contributed by atoms with E-state index in [-0.39, 0.29) is 0 Å². The van der Waals surface area contributed by atoms with Crippen molar-refractivity contribution in [3.63, 3.8) is 0 Å². The summed E-state index contributed by atoms with van der Waals surface area (Å²) in [4.78, 5) is 0. The molecule has 2 nitrogen and oxygen atoms in total. The summed E-state index contributed by atoms with van der Waals surface area (Å²) in [6.07, 6.45) is 8.25. The smallest absolute Gasteiger partial charge is 0.0209 e. The van der Waals surface area contributed by atoms with Gasteiger partial charge in [0.2, 0.25) is 0 Å². The van der Waals surface area contributed by atoms with E-state index in [1.54, 1.807) is 6.20 Å². The van der Waals surface area contributed by atoms with Gasteiger partial charge in [0, 0.05) is 6.21 Å². The summed E-state index contributed by atoms with van der Waals surface area (Å²) in [5.41, 5.74) is 7.58. The second-order valence-corrected chi connectivity index (χ2v) is 2.46. The van der Waals surface area contributed by atoms with Crippen LogP contribution in [0.15, 0.2) is 23.4 Å². The summed E-state index contributed by atoms with van der Waals surface area (Å²) in [5.74, 6) is 0. The Morgan fingerprint density at radius 1 is 1.50 bits per heavy atom. The van der Waals surface area contributed by atoms with Crippen LogP contribution < -0.4 is 5.73 Å². The van der Waals surface area contributed by atoms with Gasteiger partial charge in [0.1, 0.15) is 0 Å². The Hall–Kier alpha value is -1.05. The van der Waals surface area contributed by atoms with Crippen molar-refractivity contribution in [3.8, 4) is 0 Å². The van der Waals surface area contributed by atoms with Gasteiger partial charge in [0.05, 0.1) is 0 Å². The molecular formula is C8H12N2. The fourth-order valence-corrected chi connectivity index (χ4v) is 1.12. The molecule has 0 heterocycles. The van der Waals surface area contributed by atoms with E-state index in [0.717, 1.165) is 30.4 Å². The van der Waals surface area contributed by atoms with Crippen LogP contribution in [0.3, 0.4) is 0 Å². The van der Waals surface area contributed by atoms with Gasteiger partial charge in [-0.1, -0.05) is 6.08 Å². The first-order valence-corrected chi connectivity index (χ1v) is 3.48. The van der Waals surface area contributed by atoms with E-state index in [1.165, 1.54) is 6.21 Å². The van der Waals surface area contributed by atoms with Crippen molar-refractivity contribution in [3.05, 3.63) is 23.4 Å². The summed E-state index contributed by atoms with van der Waals surface area (Å²) >= 11 is 0. The van der Waals surface area contributed by atoms with Crippen molar-refractivity contribution in [1.82, 2.24) is 0 Å². The normalized spacial score (nSPS) is 22.4. The topological polar surface area (TPSA) is 49.9 Å². The van der Waals surface area contributed by atoms with E-state index in [2.05, 4.69) is 0 Å². The number of nitrogens with two attached hydrogens (primary N) is 1. The van der Waals surface area contributed by atoms with Gasteiger partial charge in [-0.05, 0) is 36.6 Å². The van der Waals surface area contributed by atoms with Gasteiger partial charge in [0.25, 0.3) is 0 Å². The highest BCUT2D eigenvalue weighted by atomic mass is 14.5. The molecule has 0 spiro atoms. The molecule has 0 atom stereocenters. The number of rotatable bonds is 1. The molecular weight excluding hydrogens is 124 g/mol. The fourth-order valence-electron chi connectivity index (χ4n) is 1.12. The third-order valence-corrected chi connectivity index (χ3v) is 1.70. The standard InChI is InChI=1S/C8H12N2/c9-5-7-2-1-3-8(4-7)6-10/h4-6,9H,1-3,10H2. The molecule has 0 amide bonds. The Balaban J connectivity index is 2.75. The molecule has 0 aliphatic heterocycles. The molecule has 10 heavy (non-hydrogen) atoms. The van der Waals surface area contributed by atoms with Crippen LogP contribution in [-0.2, 0) is 0 Å². The Morgan fingerprint density at radius 2 is 2.30 bits per heavy atom. The molecule has 0 saturated carbocycles. The molecule has 0 aromatic carbocycles.